The molecule has 0 aromatic heterocycles. The second-order valence-electron chi connectivity index (χ2n) is 4.45. The van der Waals surface area contributed by atoms with Gasteiger partial charge in [-0.2, -0.15) is 0 Å². The highest BCUT2D eigenvalue weighted by Gasteiger charge is 2.10. The highest BCUT2D eigenvalue weighted by atomic mass is 19.1. The first-order valence-electron chi connectivity index (χ1n) is 6.24. The van der Waals surface area contributed by atoms with Gasteiger partial charge in [-0.1, -0.05) is 43.7 Å². The first-order chi connectivity index (χ1) is 9.11. The van der Waals surface area contributed by atoms with Gasteiger partial charge in [0.1, 0.15) is 5.82 Å². The van der Waals surface area contributed by atoms with Gasteiger partial charge in [-0.25, -0.2) is 9.18 Å². The van der Waals surface area contributed by atoms with Crippen molar-refractivity contribution in [3.8, 4) is 11.1 Å². The van der Waals surface area contributed by atoms with E-state index in [1.54, 1.807) is 6.07 Å². The Morgan fingerprint density at radius 2 is 1.74 bits per heavy atom. The van der Waals surface area contributed by atoms with Crippen molar-refractivity contribution in [2.75, 3.05) is 0 Å². The van der Waals surface area contributed by atoms with Gasteiger partial charge in [0.05, 0.1) is 5.56 Å². The Balaban J connectivity index is 2.31. The molecular formula is C16H15FO2. The van der Waals surface area contributed by atoms with E-state index in [4.69, 9.17) is 5.11 Å². The van der Waals surface area contributed by atoms with Gasteiger partial charge in [0.15, 0.2) is 0 Å². The average Bonchev–Trinajstić information content (AvgIpc) is 2.39. The second-order valence-corrected chi connectivity index (χ2v) is 4.45. The van der Waals surface area contributed by atoms with E-state index >= 15 is 0 Å². The summed E-state index contributed by atoms with van der Waals surface area (Å²) >= 11 is 0. The molecule has 0 saturated heterocycles. The molecule has 1 N–H and O–H groups in total. The maximum Gasteiger partial charge on any atom is 0.338 e. The standard InChI is InChI=1S/C16H15FO2/c1-2-3-11-4-6-12(7-5-11)13-8-9-14(16(18)19)15(17)10-13/h4-10H,2-3H2,1H3,(H,18,19). The number of hydrogen-bond acceptors (Lipinski definition) is 1. The highest BCUT2D eigenvalue weighted by molar-refractivity contribution is 5.88. The van der Waals surface area contributed by atoms with E-state index in [1.807, 2.05) is 24.3 Å². The molecule has 2 aromatic carbocycles. The van der Waals surface area contributed by atoms with Crippen LogP contribution in [-0.4, -0.2) is 11.1 Å². The molecule has 3 heteroatoms. The van der Waals surface area contributed by atoms with Crippen LogP contribution in [0.3, 0.4) is 0 Å². The topological polar surface area (TPSA) is 37.3 Å². The van der Waals surface area contributed by atoms with Crippen LogP contribution in [0.5, 0.6) is 0 Å². The quantitative estimate of drug-likeness (QED) is 0.894. The maximum atomic E-state index is 13.6. The predicted molar refractivity (Wildman–Crippen MR) is 72.8 cm³/mol. The zero-order chi connectivity index (χ0) is 13.8. The molecule has 0 bridgehead atoms. The largest absolute Gasteiger partial charge is 0.478 e. The molecule has 2 nitrogen and oxygen atoms in total. The van der Waals surface area contributed by atoms with Gasteiger partial charge in [-0.3, -0.25) is 0 Å². The Bertz CT molecular complexity index is 588. The predicted octanol–water partition coefficient (Wildman–Crippen LogP) is 4.14. The lowest BCUT2D eigenvalue weighted by Gasteiger charge is -2.05. The normalized spacial score (nSPS) is 10.4. The van der Waals surface area contributed by atoms with E-state index in [9.17, 15) is 9.18 Å². The summed E-state index contributed by atoms with van der Waals surface area (Å²) in [5.41, 5.74) is 2.52. The summed E-state index contributed by atoms with van der Waals surface area (Å²) in [5.74, 6) is -1.95. The molecule has 19 heavy (non-hydrogen) atoms. The summed E-state index contributed by atoms with van der Waals surface area (Å²) in [7, 11) is 0. The van der Waals surface area contributed by atoms with Crippen molar-refractivity contribution in [2.45, 2.75) is 19.8 Å². The van der Waals surface area contributed by atoms with Gasteiger partial charge in [-0.05, 0) is 35.2 Å². The summed E-state index contributed by atoms with van der Waals surface area (Å²) in [4.78, 5) is 10.7. The molecule has 2 aromatic rings. The zero-order valence-corrected chi connectivity index (χ0v) is 10.7. The maximum absolute atomic E-state index is 13.6. The van der Waals surface area contributed by atoms with Crippen LogP contribution in [-0.2, 0) is 6.42 Å². The third-order valence-electron chi connectivity index (χ3n) is 3.03. The van der Waals surface area contributed by atoms with Crippen LogP contribution in [0.15, 0.2) is 42.5 Å². The number of hydrogen-bond donors (Lipinski definition) is 1. The smallest absolute Gasteiger partial charge is 0.338 e. The number of benzene rings is 2. The van der Waals surface area contributed by atoms with Crippen LogP contribution >= 0.6 is 0 Å². The fraction of sp³-hybridized carbons (Fsp3) is 0.188. The molecule has 0 saturated carbocycles. The number of aromatic carboxylic acids is 1. The molecule has 0 spiro atoms. The Labute approximate surface area is 111 Å². The van der Waals surface area contributed by atoms with Crippen molar-refractivity contribution >= 4 is 5.97 Å². The van der Waals surface area contributed by atoms with E-state index in [0.29, 0.717) is 5.56 Å². The summed E-state index contributed by atoms with van der Waals surface area (Å²) in [6, 6.07) is 12.1. The molecule has 0 unspecified atom stereocenters. The third-order valence-corrected chi connectivity index (χ3v) is 3.03. The number of carbonyl (C=O) groups is 1. The van der Waals surface area contributed by atoms with E-state index in [2.05, 4.69) is 6.92 Å². The van der Waals surface area contributed by atoms with Gasteiger partial charge in [0.25, 0.3) is 0 Å². The fourth-order valence-electron chi connectivity index (χ4n) is 2.02. The van der Waals surface area contributed by atoms with Crippen LogP contribution in [0.25, 0.3) is 11.1 Å². The van der Waals surface area contributed by atoms with Crippen molar-refractivity contribution < 1.29 is 14.3 Å². The molecule has 0 radical (unpaired) electrons. The van der Waals surface area contributed by atoms with Gasteiger partial charge >= 0.3 is 5.97 Å². The lowest BCUT2D eigenvalue weighted by atomic mass is 10.0. The molecule has 98 valence electrons. The van der Waals surface area contributed by atoms with E-state index in [0.717, 1.165) is 18.4 Å². The van der Waals surface area contributed by atoms with Crippen LogP contribution in [0.1, 0.15) is 29.3 Å². The molecule has 0 aliphatic carbocycles. The number of aryl methyl sites for hydroxylation is 1. The molecule has 2 rings (SSSR count). The molecule has 0 aliphatic heterocycles. The molecular weight excluding hydrogens is 243 g/mol. The average molecular weight is 258 g/mol. The molecule has 0 fully saturated rings. The number of carboxylic acid groups (broad SMARTS) is 1. The number of rotatable bonds is 4. The molecule has 0 amide bonds. The molecule has 0 aliphatic rings. The number of carboxylic acids is 1. The van der Waals surface area contributed by atoms with E-state index < -0.39 is 11.8 Å². The Morgan fingerprint density at radius 1 is 1.11 bits per heavy atom. The van der Waals surface area contributed by atoms with Crippen molar-refractivity contribution in [1.82, 2.24) is 0 Å². The van der Waals surface area contributed by atoms with Crippen molar-refractivity contribution in [3.05, 3.63) is 59.4 Å². The number of halogens is 1. The van der Waals surface area contributed by atoms with Crippen LogP contribution in [0.4, 0.5) is 4.39 Å². The van der Waals surface area contributed by atoms with E-state index in [1.165, 1.54) is 17.7 Å². The lowest BCUT2D eigenvalue weighted by molar-refractivity contribution is 0.0692. The van der Waals surface area contributed by atoms with Gasteiger partial charge in [0.2, 0.25) is 0 Å². The summed E-state index contributed by atoms with van der Waals surface area (Å²) in [6.45, 7) is 2.12. The minimum Gasteiger partial charge on any atom is -0.478 e. The van der Waals surface area contributed by atoms with Crippen molar-refractivity contribution in [1.29, 1.82) is 0 Å². The van der Waals surface area contributed by atoms with Gasteiger partial charge < -0.3 is 5.11 Å². The Kier molecular flexibility index (Phi) is 3.95. The third kappa shape index (κ3) is 2.99. The highest BCUT2D eigenvalue weighted by Crippen LogP contribution is 2.22. The fourth-order valence-corrected chi connectivity index (χ4v) is 2.02. The zero-order valence-electron chi connectivity index (χ0n) is 10.7. The first kappa shape index (κ1) is 13.3. The summed E-state index contributed by atoms with van der Waals surface area (Å²) < 4.78 is 13.6. The lowest BCUT2D eigenvalue weighted by Crippen LogP contribution is -2.00. The van der Waals surface area contributed by atoms with Crippen molar-refractivity contribution in [2.24, 2.45) is 0 Å². The summed E-state index contributed by atoms with van der Waals surface area (Å²) in [6.07, 6.45) is 2.11. The Morgan fingerprint density at radius 3 is 2.26 bits per heavy atom. The minimum absolute atomic E-state index is 0.300. The van der Waals surface area contributed by atoms with Crippen LogP contribution in [0, 0.1) is 5.82 Å². The van der Waals surface area contributed by atoms with Crippen molar-refractivity contribution in [3.63, 3.8) is 0 Å². The Hall–Kier alpha value is -2.16. The van der Waals surface area contributed by atoms with Gasteiger partial charge in [-0.15, -0.1) is 0 Å². The summed E-state index contributed by atoms with van der Waals surface area (Å²) in [5, 5.41) is 8.78. The first-order valence-corrected chi connectivity index (χ1v) is 6.24. The monoisotopic (exact) mass is 258 g/mol. The van der Waals surface area contributed by atoms with Crippen LogP contribution in [0.2, 0.25) is 0 Å². The van der Waals surface area contributed by atoms with Gasteiger partial charge in [0, 0.05) is 0 Å². The SMILES string of the molecule is CCCc1ccc(-c2ccc(C(=O)O)c(F)c2)cc1. The van der Waals surface area contributed by atoms with Crippen LogP contribution < -0.4 is 0 Å². The second kappa shape index (κ2) is 5.65. The molecule has 0 atom stereocenters. The minimum atomic E-state index is -1.25. The van der Waals surface area contributed by atoms with E-state index in [-0.39, 0.29) is 5.56 Å². The molecule has 0 heterocycles.